The van der Waals surface area contributed by atoms with E-state index in [0.29, 0.717) is 49.7 Å². The number of aliphatic imine (C=N–C) groups is 1. The van der Waals surface area contributed by atoms with Crippen LogP contribution in [0.4, 0.5) is 29.3 Å². The van der Waals surface area contributed by atoms with E-state index in [1.165, 1.54) is 18.6 Å². The number of amides is 2. The first-order valence-corrected chi connectivity index (χ1v) is 13.2. The van der Waals surface area contributed by atoms with E-state index < -0.39 is 18.5 Å². The Morgan fingerprint density at radius 1 is 1.05 bits per heavy atom. The molecule has 0 radical (unpaired) electrons. The lowest BCUT2D eigenvalue weighted by Crippen LogP contribution is -2.57. The summed E-state index contributed by atoms with van der Waals surface area (Å²) < 4.78 is 39.7. The SMILES string of the molecule is O=C1NC(=NC2CCCCC2)C2(CCN(Cc3ccccc3NCC(F)F)CC2)N1c1cccc(F)c1. The standard InChI is InChI=1S/C28H34F3N5O/c29-21-8-6-11-23(17-21)36-27(37)34-26(33-22-9-2-1-3-10-22)28(36)13-15-35(16-14-28)19-20-7-4-5-12-24(20)32-18-25(30)31/h4-8,11-12,17,22,25,32H,1-3,9-10,13-16,18-19H2,(H,33,34,37). The second-order valence-electron chi connectivity index (χ2n) is 10.3. The van der Waals surface area contributed by atoms with Gasteiger partial charge in [0.2, 0.25) is 0 Å². The molecular formula is C28H34F3N5O. The van der Waals surface area contributed by atoms with Crippen molar-refractivity contribution in [1.29, 1.82) is 0 Å². The topological polar surface area (TPSA) is 60.0 Å². The average Bonchev–Trinajstić information content (AvgIpc) is 3.15. The monoisotopic (exact) mass is 513 g/mol. The van der Waals surface area contributed by atoms with Gasteiger partial charge in [0.15, 0.2) is 0 Å². The van der Waals surface area contributed by atoms with Crippen LogP contribution >= 0.6 is 0 Å². The van der Waals surface area contributed by atoms with E-state index in [-0.39, 0.29) is 17.9 Å². The number of anilines is 2. The lowest BCUT2D eigenvalue weighted by molar-refractivity contribution is 0.163. The predicted molar refractivity (Wildman–Crippen MR) is 140 cm³/mol. The molecule has 37 heavy (non-hydrogen) atoms. The van der Waals surface area contributed by atoms with Gasteiger partial charge in [0.1, 0.15) is 17.2 Å². The molecule has 1 aliphatic carbocycles. The number of carbonyl (C=O) groups is 1. The maximum atomic E-state index is 14.2. The van der Waals surface area contributed by atoms with Gasteiger partial charge in [0, 0.05) is 31.0 Å². The molecule has 1 spiro atoms. The van der Waals surface area contributed by atoms with Gasteiger partial charge in [-0.05, 0) is 55.5 Å². The van der Waals surface area contributed by atoms with Crippen molar-refractivity contribution in [2.24, 2.45) is 4.99 Å². The number of hydrogen-bond donors (Lipinski definition) is 2. The van der Waals surface area contributed by atoms with E-state index in [4.69, 9.17) is 4.99 Å². The molecule has 3 fully saturated rings. The molecule has 2 aromatic rings. The van der Waals surface area contributed by atoms with E-state index in [0.717, 1.165) is 31.2 Å². The molecule has 198 valence electrons. The summed E-state index contributed by atoms with van der Waals surface area (Å²) in [6, 6.07) is 13.6. The molecule has 3 aliphatic rings. The fourth-order valence-corrected chi connectivity index (χ4v) is 5.90. The quantitative estimate of drug-likeness (QED) is 0.492. The summed E-state index contributed by atoms with van der Waals surface area (Å²) in [4.78, 5) is 22.3. The Hall–Kier alpha value is -3.07. The summed E-state index contributed by atoms with van der Waals surface area (Å²) in [6.45, 7) is 1.59. The van der Waals surface area contributed by atoms with E-state index in [1.807, 2.05) is 24.3 Å². The first kappa shape index (κ1) is 25.6. The van der Waals surface area contributed by atoms with Crippen LogP contribution in [-0.2, 0) is 6.54 Å². The van der Waals surface area contributed by atoms with Gasteiger partial charge < -0.3 is 5.32 Å². The van der Waals surface area contributed by atoms with Crippen molar-refractivity contribution in [2.75, 3.05) is 29.9 Å². The van der Waals surface area contributed by atoms with Crippen molar-refractivity contribution in [3.63, 3.8) is 0 Å². The number of alkyl halides is 2. The van der Waals surface area contributed by atoms with Crippen molar-refractivity contribution >= 4 is 23.2 Å². The third-order valence-electron chi connectivity index (χ3n) is 7.79. The maximum Gasteiger partial charge on any atom is 0.328 e. The van der Waals surface area contributed by atoms with Crippen molar-refractivity contribution in [3.05, 3.63) is 59.9 Å². The van der Waals surface area contributed by atoms with Crippen LogP contribution in [0.15, 0.2) is 53.5 Å². The second-order valence-corrected chi connectivity index (χ2v) is 10.3. The molecule has 5 rings (SSSR count). The minimum Gasteiger partial charge on any atom is -0.379 e. The number of benzene rings is 2. The lowest BCUT2D eigenvalue weighted by atomic mass is 9.84. The number of rotatable bonds is 7. The number of amidine groups is 1. The third kappa shape index (κ3) is 5.61. The van der Waals surface area contributed by atoms with Crippen LogP contribution in [0.3, 0.4) is 0 Å². The van der Waals surface area contributed by atoms with E-state index in [9.17, 15) is 18.0 Å². The molecule has 0 unspecified atom stereocenters. The maximum absolute atomic E-state index is 14.2. The molecule has 1 saturated carbocycles. The Morgan fingerprint density at radius 3 is 2.54 bits per heavy atom. The Balaban J connectivity index is 1.38. The number of nitrogens with zero attached hydrogens (tertiary/aromatic N) is 3. The van der Waals surface area contributed by atoms with E-state index >= 15 is 0 Å². The molecule has 2 heterocycles. The first-order chi connectivity index (χ1) is 17.9. The van der Waals surface area contributed by atoms with Crippen molar-refractivity contribution in [2.45, 2.75) is 69.5 Å². The zero-order chi connectivity index (χ0) is 25.8. The van der Waals surface area contributed by atoms with Crippen LogP contribution in [0.25, 0.3) is 0 Å². The molecule has 9 heteroatoms. The summed E-state index contributed by atoms with van der Waals surface area (Å²) in [6.07, 6.45) is 4.39. The van der Waals surface area contributed by atoms with Gasteiger partial charge in [-0.2, -0.15) is 0 Å². The molecule has 6 nitrogen and oxygen atoms in total. The molecule has 2 aliphatic heterocycles. The Bertz CT molecular complexity index is 1130. The number of urea groups is 1. The Kier molecular flexibility index (Phi) is 7.69. The van der Waals surface area contributed by atoms with Crippen molar-refractivity contribution in [1.82, 2.24) is 10.2 Å². The number of halogens is 3. The van der Waals surface area contributed by atoms with Crippen LogP contribution in [0, 0.1) is 5.82 Å². The number of likely N-dealkylation sites (tertiary alicyclic amines) is 1. The van der Waals surface area contributed by atoms with E-state index in [1.54, 1.807) is 17.0 Å². The summed E-state index contributed by atoms with van der Waals surface area (Å²) in [7, 11) is 0. The summed E-state index contributed by atoms with van der Waals surface area (Å²) in [5.74, 6) is 0.316. The van der Waals surface area contributed by atoms with E-state index in [2.05, 4.69) is 15.5 Å². The van der Waals surface area contributed by atoms with Crippen LogP contribution in [0.5, 0.6) is 0 Å². The zero-order valence-corrected chi connectivity index (χ0v) is 20.9. The molecule has 2 amide bonds. The number of piperidine rings is 1. The molecular weight excluding hydrogens is 479 g/mol. The number of nitrogens with one attached hydrogen (secondary N) is 2. The van der Waals surface area contributed by atoms with Gasteiger partial charge in [-0.25, -0.2) is 18.0 Å². The van der Waals surface area contributed by atoms with Crippen LogP contribution in [0.1, 0.15) is 50.5 Å². The minimum absolute atomic E-state index is 0.194. The number of hydrogen-bond acceptors (Lipinski definition) is 4. The molecule has 2 saturated heterocycles. The fraction of sp³-hybridized carbons (Fsp3) is 0.500. The van der Waals surface area contributed by atoms with Crippen molar-refractivity contribution in [3.8, 4) is 0 Å². The van der Waals surface area contributed by atoms with Crippen molar-refractivity contribution < 1.29 is 18.0 Å². The van der Waals surface area contributed by atoms with Crippen LogP contribution in [-0.4, -0.2) is 54.4 Å². The normalized spacial score (nSPS) is 21.7. The molecule has 0 aromatic heterocycles. The molecule has 2 N–H and O–H groups in total. The van der Waals surface area contributed by atoms with Gasteiger partial charge in [0.05, 0.1) is 12.6 Å². The third-order valence-corrected chi connectivity index (χ3v) is 7.79. The average molecular weight is 514 g/mol. The second kappa shape index (κ2) is 11.1. The summed E-state index contributed by atoms with van der Waals surface area (Å²) >= 11 is 0. The lowest BCUT2D eigenvalue weighted by Gasteiger charge is -2.44. The van der Waals surface area contributed by atoms with Crippen LogP contribution in [0.2, 0.25) is 0 Å². The largest absolute Gasteiger partial charge is 0.379 e. The molecule has 2 aromatic carbocycles. The molecule has 0 atom stereocenters. The highest BCUT2D eigenvalue weighted by Crippen LogP contribution is 2.39. The van der Waals surface area contributed by atoms with Crippen LogP contribution < -0.4 is 15.5 Å². The highest BCUT2D eigenvalue weighted by Gasteiger charge is 2.53. The highest BCUT2D eigenvalue weighted by molar-refractivity contribution is 6.19. The first-order valence-electron chi connectivity index (χ1n) is 13.2. The van der Waals surface area contributed by atoms with Gasteiger partial charge in [-0.3, -0.25) is 20.1 Å². The predicted octanol–water partition coefficient (Wildman–Crippen LogP) is 5.80. The van der Waals surface area contributed by atoms with Gasteiger partial charge in [-0.1, -0.05) is 43.5 Å². The molecule has 0 bridgehead atoms. The smallest absolute Gasteiger partial charge is 0.328 e. The van der Waals surface area contributed by atoms with Gasteiger partial charge >= 0.3 is 6.03 Å². The minimum atomic E-state index is -2.43. The highest BCUT2D eigenvalue weighted by atomic mass is 19.3. The Morgan fingerprint density at radius 2 is 1.81 bits per heavy atom. The summed E-state index contributed by atoms with van der Waals surface area (Å²) in [5, 5.41) is 5.89. The number of para-hydroxylation sites is 1. The Labute approximate surface area is 215 Å². The summed E-state index contributed by atoms with van der Waals surface area (Å²) in [5.41, 5.74) is 1.53. The van der Waals surface area contributed by atoms with Gasteiger partial charge in [0.25, 0.3) is 6.43 Å². The fourth-order valence-electron chi connectivity index (χ4n) is 5.90. The zero-order valence-electron chi connectivity index (χ0n) is 20.9. The number of carbonyl (C=O) groups excluding carboxylic acids is 1. The van der Waals surface area contributed by atoms with Gasteiger partial charge in [-0.15, -0.1) is 0 Å².